The van der Waals surface area contributed by atoms with Gasteiger partial charge >= 0.3 is 0 Å². The summed E-state index contributed by atoms with van der Waals surface area (Å²) in [6.45, 7) is 4.34. The standard InChI is InChI=1S/C12H13I/c1-12(2,8-9-13)10-11-6-4-3-5-7-11/h3-7H,10H2,1-2H3. The van der Waals surface area contributed by atoms with Crippen LogP contribution in [0.25, 0.3) is 0 Å². The minimum Gasteiger partial charge on any atom is -0.0853 e. The van der Waals surface area contributed by atoms with Crippen LogP contribution in [0.4, 0.5) is 0 Å². The van der Waals surface area contributed by atoms with Crippen LogP contribution >= 0.6 is 22.6 Å². The Balaban J connectivity index is 2.73. The van der Waals surface area contributed by atoms with Crippen LogP contribution < -0.4 is 0 Å². The van der Waals surface area contributed by atoms with Gasteiger partial charge in [0.25, 0.3) is 0 Å². The van der Waals surface area contributed by atoms with Gasteiger partial charge in [-0.25, -0.2) is 0 Å². The summed E-state index contributed by atoms with van der Waals surface area (Å²) in [5.41, 5.74) is 1.44. The summed E-state index contributed by atoms with van der Waals surface area (Å²) in [7, 11) is 0. The van der Waals surface area contributed by atoms with Crippen LogP contribution in [0.15, 0.2) is 30.3 Å². The number of hydrogen-bond donors (Lipinski definition) is 0. The van der Waals surface area contributed by atoms with Crippen molar-refractivity contribution in [3.63, 3.8) is 0 Å². The number of halogens is 1. The average Bonchev–Trinajstić information content (AvgIpc) is 2.04. The minimum atomic E-state index is 0.0859. The summed E-state index contributed by atoms with van der Waals surface area (Å²) in [5.74, 6) is 3.21. The summed E-state index contributed by atoms with van der Waals surface area (Å²) in [5, 5.41) is 0. The van der Waals surface area contributed by atoms with Gasteiger partial charge < -0.3 is 0 Å². The molecular weight excluding hydrogens is 271 g/mol. The lowest BCUT2D eigenvalue weighted by atomic mass is 9.87. The van der Waals surface area contributed by atoms with Crippen molar-refractivity contribution in [2.45, 2.75) is 20.3 Å². The smallest absolute Gasteiger partial charge is 0.0306 e. The monoisotopic (exact) mass is 284 g/mol. The first kappa shape index (κ1) is 10.6. The van der Waals surface area contributed by atoms with E-state index in [1.165, 1.54) is 5.56 Å². The van der Waals surface area contributed by atoms with E-state index in [1.807, 2.05) is 6.07 Å². The van der Waals surface area contributed by atoms with Gasteiger partial charge in [-0.1, -0.05) is 36.3 Å². The topological polar surface area (TPSA) is 0 Å². The Bertz CT molecular complexity index is 314. The van der Waals surface area contributed by atoms with Gasteiger partial charge in [0.05, 0.1) is 0 Å². The summed E-state index contributed by atoms with van der Waals surface area (Å²) in [4.78, 5) is 0. The van der Waals surface area contributed by atoms with Crippen LogP contribution in [0.1, 0.15) is 19.4 Å². The predicted molar refractivity (Wildman–Crippen MR) is 65.7 cm³/mol. The summed E-state index contributed by atoms with van der Waals surface area (Å²) < 4.78 is 2.95. The lowest BCUT2D eigenvalue weighted by Gasteiger charge is -2.16. The molecule has 0 saturated heterocycles. The van der Waals surface area contributed by atoms with E-state index in [4.69, 9.17) is 0 Å². The third-order valence-corrected chi connectivity index (χ3v) is 2.14. The molecule has 0 aromatic heterocycles. The molecule has 0 aliphatic rings. The first-order chi connectivity index (χ1) is 6.14. The Morgan fingerprint density at radius 2 is 1.85 bits per heavy atom. The fourth-order valence-corrected chi connectivity index (χ4v) is 2.01. The van der Waals surface area contributed by atoms with E-state index in [0.717, 1.165) is 6.42 Å². The van der Waals surface area contributed by atoms with E-state index < -0.39 is 0 Å². The molecule has 0 heterocycles. The van der Waals surface area contributed by atoms with E-state index in [1.54, 1.807) is 0 Å². The van der Waals surface area contributed by atoms with E-state index in [0.29, 0.717) is 0 Å². The maximum atomic E-state index is 3.21. The maximum Gasteiger partial charge on any atom is 0.0306 e. The number of benzene rings is 1. The van der Waals surface area contributed by atoms with Crippen LogP contribution in [0, 0.1) is 15.3 Å². The number of rotatable bonds is 2. The normalized spacial score (nSPS) is 10.4. The molecule has 0 nitrogen and oxygen atoms in total. The number of hydrogen-bond acceptors (Lipinski definition) is 0. The zero-order chi connectivity index (χ0) is 9.73. The van der Waals surface area contributed by atoms with Crippen molar-refractivity contribution >= 4 is 22.6 Å². The zero-order valence-electron chi connectivity index (χ0n) is 7.97. The summed E-state index contributed by atoms with van der Waals surface area (Å²) in [6, 6.07) is 10.5. The molecule has 1 aromatic rings. The molecule has 1 aromatic carbocycles. The van der Waals surface area contributed by atoms with Crippen molar-refractivity contribution in [2.24, 2.45) is 5.41 Å². The molecule has 1 rings (SSSR count). The molecule has 0 fully saturated rings. The Labute approximate surface area is 93.9 Å². The lowest BCUT2D eigenvalue weighted by molar-refractivity contribution is 0.501. The molecule has 0 amide bonds. The Hall–Kier alpha value is -0.490. The Morgan fingerprint density at radius 1 is 1.23 bits per heavy atom. The summed E-state index contributed by atoms with van der Waals surface area (Å²) >= 11 is 2.09. The second kappa shape index (κ2) is 4.66. The van der Waals surface area contributed by atoms with Crippen molar-refractivity contribution in [2.75, 3.05) is 0 Å². The molecular formula is C12H13I. The van der Waals surface area contributed by atoms with Crippen molar-refractivity contribution < 1.29 is 0 Å². The third-order valence-electron chi connectivity index (χ3n) is 1.87. The molecule has 0 radical (unpaired) electrons. The van der Waals surface area contributed by atoms with Crippen molar-refractivity contribution in [3.8, 4) is 9.85 Å². The maximum absolute atomic E-state index is 3.21. The van der Waals surface area contributed by atoms with E-state index in [-0.39, 0.29) is 5.41 Å². The Kier molecular flexibility index (Phi) is 3.80. The minimum absolute atomic E-state index is 0.0859. The van der Waals surface area contributed by atoms with Crippen LogP contribution in [0.3, 0.4) is 0 Å². The van der Waals surface area contributed by atoms with Gasteiger partial charge in [-0.15, -0.1) is 0 Å². The van der Waals surface area contributed by atoms with Gasteiger partial charge in [-0.2, -0.15) is 0 Å². The molecule has 0 aliphatic carbocycles. The van der Waals surface area contributed by atoms with Crippen molar-refractivity contribution in [1.82, 2.24) is 0 Å². The van der Waals surface area contributed by atoms with E-state index in [9.17, 15) is 0 Å². The Morgan fingerprint density at radius 3 is 2.38 bits per heavy atom. The molecule has 0 aliphatic heterocycles. The van der Waals surface area contributed by atoms with Crippen LogP contribution in [-0.4, -0.2) is 0 Å². The fraction of sp³-hybridized carbons (Fsp3) is 0.333. The first-order valence-corrected chi connectivity index (χ1v) is 5.39. The highest BCUT2D eigenvalue weighted by atomic mass is 127. The average molecular weight is 284 g/mol. The van der Waals surface area contributed by atoms with E-state index >= 15 is 0 Å². The molecule has 0 saturated carbocycles. The van der Waals surface area contributed by atoms with Crippen LogP contribution in [0.5, 0.6) is 0 Å². The fourth-order valence-electron chi connectivity index (χ4n) is 1.28. The second-order valence-corrected chi connectivity index (χ2v) is 4.31. The third kappa shape index (κ3) is 3.82. The predicted octanol–water partition coefficient (Wildman–Crippen LogP) is 3.65. The van der Waals surface area contributed by atoms with Crippen molar-refractivity contribution in [1.29, 1.82) is 0 Å². The molecule has 68 valence electrons. The molecule has 1 heteroatoms. The summed E-state index contributed by atoms with van der Waals surface area (Å²) in [6.07, 6.45) is 1.02. The van der Waals surface area contributed by atoms with Gasteiger partial charge in [-0.3, -0.25) is 0 Å². The first-order valence-electron chi connectivity index (χ1n) is 4.31. The van der Waals surface area contributed by atoms with Crippen LogP contribution in [-0.2, 0) is 6.42 Å². The van der Waals surface area contributed by atoms with Gasteiger partial charge in [-0.05, 0) is 29.8 Å². The largest absolute Gasteiger partial charge is 0.0853 e. The molecule has 0 unspecified atom stereocenters. The van der Waals surface area contributed by atoms with Crippen molar-refractivity contribution in [3.05, 3.63) is 35.9 Å². The van der Waals surface area contributed by atoms with Gasteiger partial charge in [0.2, 0.25) is 0 Å². The van der Waals surface area contributed by atoms with Gasteiger partial charge in [0, 0.05) is 28.0 Å². The van der Waals surface area contributed by atoms with Gasteiger partial charge in [0.15, 0.2) is 0 Å². The zero-order valence-corrected chi connectivity index (χ0v) is 10.1. The van der Waals surface area contributed by atoms with E-state index in [2.05, 4.69) is 70.6 Å². The lowest BCUT2D eigenvalue weighted by Crippen LogP contribution is -2.11. The second-order valence-electron chi connectivity index (χ2n) is 3.77. The molecule has 0 bridgehead atoms. The highest BCUT2D eigenvalue weighted by Crippen LogP contribution is 2.20. The van der Waals surface area contributed by atoms with Crippen LogP contribution in [0.2, 0.25) is 0 Å². The molecule has 0 spiro atoms. The quantitative estimate of drug-likeness (QED) is 0.574. The SMILES string of the molecule is CC(C)(C#CI)Cc1ccccc1. The molecule has 13 heavy (non-hydrogen) atoms. The molecule has 0 atom stereocenters. The molecule has 0 N–H and O–H groups in total. The highest BCUT2D eigenvalue weighted by molar-refractivity contribution is 14.1. The van der Waals surface area contributed by atoms with Gasteiger partial charge in [0.1, 0.15) is 0 Å². The highest BCUT2D eigenvalue weighted by Gasteiger charge is 2.14.